The second-order valence-electron chi connectivity index (χ2n) is 5.35. The Balaban J connectivity index is 1.62. The molecule has 1 aromatic heterocycles. The van der Waals surface area contributed by atoms with Crippen LogP contribution in [0.5, 0.6) is 0 Å². The summed E-state index contributed by atoms with van der Waals surface area (Å²) < 4.78 is 0.224. The highest BCUT2D eigenvalue weighted by atomic mass is 32.2. The van der Waals surface area contributed by atoms with Crippen molar-refractivity contribution in [3.05, 3.63) is 16.1 Å². The summed E-state index contributed by atoms with van der Waals surface area (Å²) >= 11 is 3.65. The van der Waals surface area contributed by atoms with Crippen LogP contribution in [0.2, 0.25) is 0 Å². The third-order valence-electron chi connectivity index (χ3n) is 3.49. The fraction of sp³-hybridized carbons (Fsp3) is 0.714. The van der Waals surface area contributed by atoms with Crippen LogP contribution in [0.4, 0.5) is 4.79 Å². The molecule has 0 aromatic carbocycles. The number of aryl methyl sites for hydroxylation is 1. The number of rotatable bonds is 6. The SMILES string of the molecule is CCc1nc(CCNC(=O)NC[C@@]2(C)CCCS2)cs1. The number of nitrogens with one attached hydrogen (secondary N) is 2. The van der Waals surface area contributed by atoms with E-state index >= 15 is 0 Å². The Bertz CT molecular complexity index is 441. The van der Waals surface area contributed by atoms with Crippen molar-refractivity contribution < 1.29 is 4.79 Å². The lowest BCUT2D eigenvalue weighted by atomic mass is 10.1. The maximum absolute atomic E-state index is 11.7. The maximum Gasteiger partial charge on any atom is 0.314 e. The fourth-order valence-corrected chi connectivity index (χ4v) is 4.26. The first kappa shape index (κ1) is 15.6. The summed E-state index contributed by atoms with van der Waals surface area (Å²) in [6.45, 7) is 5.73. The average Bonchev–Trinajstić information content (AvgIpc) is 3.06. The van der Waals surface area contributed by atoms with Gasteiger partial charge in [0.1, 0.15) is 0 Å². The summed E-state index contributed by atoms with van der Waals surface area (Å²) in [5.41, 5.74) is 1.07. The van der Waals surface area contributed by atoms with E-state index in [4.69, 9.17) is 0 Å². The predicted octanol–water partition coefficient (Wildman–Crippen LogP) is 2.83. The molecule has 2 heterocycles. The summed E-state index contributed by atoms with van der Waals surface area (Å²) in [7, 11) is 0. The highest BCUT2D eigenvalue weighted by Crippen LogP contribution is 2.36. The van der Waals surface area contributed by atoms with Gasteiger partial charge in [0.15, 0.2) is 0 Å². The van der Waals surface area contributed by atoms with E-state index in [9.17, 15) is 4.79 Å². The van der Waals surface area contributed by atoms with E-state index in [1.54, 1.807) is 11.3 Å². The monoisotopic (exact) mass is 313 g/mol. The number of aromatic nitrogens is 1. The first-order valence-electron chi connectivity index (χ1n) is 7.20. The molecule has 1 saturated heterocycles. The van der Waals surface area contributed by atoms with Gasteiger partial charge >= 0.3 is 6.03 Å². The van der Waals surface area contributed by atoms with Crippen LogP contribution >= 0.6 is 23.1 Å². The molecule has 0 aliphatic carbocycles. The van der Waals surface area contributed by atoms with Gasteiger partial charge in [0.25, 0.3) is 0 Å². The highest BCUT2D eigenvalue weighted by Gasteiger charge is 2.29. The number of hydrogen-bond donors (Lipinski definition) is 2. The van der Waals surface area contributed by atoms with Crippen LogP contribution in [0.15, 0.2) is 5.38 Å². The Kier molecular flexibility index (Phi) is 5.72. The zero-order valence-corrected chi connectivity index (χ0v) is 13.8. The minimum absolute atomic E-state index is 0.0651. The third-order valence-corrected chi connectivity index (χ3v) is 6.07. The van der Waals surface area contributed by atoms with Gasteiger partial charge in [-0.1, -0.05) is 6.92 Å². The molecule has 0 radical (unpaired) electrons. The van der Waals surface area contributed by atoms with E-state index in [1.807, 2.05) is 11.8 Å². The van der Waals surface area contributed by atoms with Crippen molar-refractivity contribution in [2.45, 2.75) is 44.3 Å². The molecule has 2 rings (SSSR count). The molecule has 2 N–H and O–H groups in total. The number of thioether (sulfide) groups is 1. The quantitative estimate of drug-likeness (QED) is 0.849. The van der Waals surface area contributed by atoms with Crippen LogP contribution in [-0.4, -0.2) is 34.6 Å². The molecule has 1 aromatic rings. The van der Waals surface area contributed by atoms with Crippen molar-refractivity contribution in [2.75, 3.05) is 18.8 Å². The smallest absolute Gasteiger partial charge is 0.314 e. The van der Waals surface area contributed by atoms with Crippen LogP contribution in [0, 0.1) is 0 Å². The number of carbonyl (C=O) groups is 1. The molecule has 1 aliphatic rings. The van der Waals surface area contributed by atoms with Crippen molar-refractivity contribution in [2.24, 2.45) is 0 Å². The predicted molar refractivity (Wildman–Crippen MR) is 86.7 cm³/mol. The topological polar surface area (TPSA) is 54.0 Å². The number of thiazole rings is 1. The van der Waals surface area contributed by atoms with Crippen molar-refractivity contribution >= 4 is 29.1 Å². The standard InChI is InChI=1S/C14H23N3OS2/c1-3-12-17-11(9-19-12)5-7-15-13(18)16-10-14(2)6-4-8-20-14/h9H,3-8,10H2,1-2H3,(H2,15,16,18)/t14-/m1/s1. The van der Waals surface area contributed by atoms with Crippen molar-refractivity contribution in [1.82, 2.24) is 15.6 Å². The van der Waals surface area contributed by atoms with E-state index < -0.39 is 0 Å². The molecule has 4 nitrogen and oxygen atoms in total. The normalized spacial score (nSPS) is 21.9. The van der Waals surface area contributed by atoms with E-state index in [0.29, 0.717) is 6.54 Å². The van der Waals surface area contributed by atoms with E-state index in [0.717, 1.165) is 30.1 Å². The Morgan fingerprint density at radius 1 is 1.50 bits per heavy atom. The molecule has 2 amide bonds. The van der Waals surface area contributed by atoms with E-state index in [2.05, 4.69) is 34.8 Å². The third kappa shape index (κ3) is 4.66. The lowest BCUT2D eigenvalue weighted by Gasteiger charge is -2.22. The maximum atomic E-state index is 11.7. The second-order valence-corrected chi connectivity index (χ2v) is 7.97. The van der Waals surface area contributed by atoms with Crippen LogP contribution in [0.1, 0.15) is 37.4 Å². The molecule has 1 atom stereocenters. The molecule has 6 heteroatoms. The number of urea groups is 1. The van der Waals surface area contributed by atoms with Crippen LogP contribution in [-0.2, 0) is 12.8 Å². The first-order chi connectivity index (χ1) is 9.61. The van der Waals surface area contributed by atoms with Crippen molar-refractivity contribution in [1.29, 1.82) is 0 Å². The minimum Gasteiger partial charge on any atom is -0.338 e. The molecule has 0 saturated carbocycles. The molecule has 1 fully saturated rings. The van der Waals surface area contributed by atoms with Gasteiger partial charge < -0.3 is 10.6 Å². The number of carbonyl (C=O) groups excluding carboxylic acids is 1. The number of amides is 2. The van der Waals surface area contributed by atoms with Gasteiger partial charge in [-0.05, 0) is 31.9 Å². The average molecular weight is 313 g/mol. The first-order valence-corrected chi connectivity index (χ1v) is 9.07. The van der Waals surface area contributed by atoms with Gasteiger partial charge in [0, 0.05) is 29.6 Å². The second kappa shape index (κ2) is 7.31. The molecule has 0 spiro atoms. The summed E-state index contributed by atoms with van der Waals surface area (Å²) in [4.78, 5) is 16.2. The molecular weight excluding hydrogens is 290 g/mol. The zero-order chi connectivity index (χ0) is 14.4. The van der Waals surface area contributed by atoms with Crippen LogP contribution in [0.25, 0.3) is 0 Å². The Morgan fingerprint density at radius 3 is 3.00 bits per heavy atom. The Morgan fingerprint density at radius 2 is 2.35 bits per heavy atom. The molecule has 1 aliphatic heterocycles. The van der Waals surface area contributed by atoms with Crippen molar-refractivity contribution in [3.63, 3.8) is 0 Å². The molecule has 112 valence electrons. The summed E-state index contributed by atoms with van der Waals surface area (Å²) in [6.07, 6.45) is 4.23. The minimum atomic E-state index is -0.0651. The summed E-state index contributed by atoms with van der Waals surface area (Å²) in [6, 6.07) is -0.0651. The van der Waals surface area contributed by atoms with E-state index in [-0.39, 0.29) is 10.8 Å². The van der Waals surface area contributed by atoms with Crippen LogP contribution < -0.4 is 10.6 Å². The zero-order valence-electron chi connectivity index (χ0n) is 12.2. The van der Waals surface area contributed by atoms with E-state index in [1.165, 1.54) is 18.6 Å². The fourth-order valence-electron chi connectivity index (χ4n) is 2.24. The summed E-state index contributed by atoms with van der Waals surface area (Å²) in [5, 5.41) is 9.12. The highest BCUT2D eigenvalue weighted by molar-refractivity contribution is 8.00. The molecule has 20 heavy (non-hydrogen) atoms. The lowest BCUT2D eigenvalue weighted by Crippen LogP contribution is -2.43. The molecule has 0 bridgehead atoms. The molecular formula is C14H23N3OS2. The van der Waals surface area contributed by atoms with Gasteiger partial charge in [-0.3, -0.25) is 0 Å². The van der Waals surface area contributed by atoms with Crippen LogP contribution in [0.3, 0.4) is 0 Å². The van der Waals surface area contributed by atoms with Gasteiger partial charge in [-0.25, -0.2) is 9.78 Å². The summed E-state index contributed by atoms with van der Waals surface area (Å²) in [5.74, 6) is 1.21. The van der Waals surface area contributed by atoms with Gasteiger partial charge in [0.2, 0.25) is 0 Å². The number of hydrogen-bond acceptors (Lipinski definition) is 4. The number of nitrogens with zero attached hydrogens (tertiary/aromatic N) is 1. The van der Waals surface area contributed by atoms with Gasteiger partial charge in [-0.15, -0.1) is 11.3 Å². The van der Waals surface area contributed by atoms with Crippen molar-refractivity contribution in [3.8, 4) is 0 Å². The molecule has 0 unspecified atom stereocenters. The Hall–Kier alpha value is -0.750. The largest absolute Gasteiger partial charge is 0.338 e. The Labute approximate surface area is 129 Å². The van der Waals surface area contributed by atoms with Gasteiger partial charge in [0.05, 0.1) is 10.7 Å². The lowest BCUT2D eigenvalue weighted by molar-refractivity contribution is 0.240. The van der Waals surface area contributed by atoms with Gasteiger partial charge in [-0.2, -0.15) is 11.8 Å².